The predicted molar refractivity (Wildman–Crippen MR) is 91.6 cm³/mol. The lowest BCUT2D eigenvalue weighted by Gasteiger charge is -2.26. The van der Waals surface area contributed by atoms with Gasteiger partial charge in [0.2, 0.25) is 11.7 Å². The largest absolute Gasteiger partial charge is 0.493 e. The van der Waals surface area contributed by atoms with Crippen molar-refractivity contribution in [1.82, 2.24) is 9.80 Å². The molecule has 1 aromatic rings. The maximum Gasteiger partial charge on any atom is 0.233 e. The number of thioether (sulfide) groups is 1. The number of benzene rings is 1. The molecule has 1 unspecified atom stereocenters. The van der Waals surface area contributed by atoms with Crippen molar-refractivity contribution in [2.75, 3.05) is 54.3 Å². The van der Waals surface area contributed by atoms with Crippen LogP contribution in [0.4, 0.5) is 0 Å². The van der Waals surface area contributed by atoms with Crippen molar-refractivity contribution in [3.63, 3.8) is 0 Å². The van der Waals surface area contributed by atoms with E-state index in [1.165, 1.54) is 0 Å². The van der Waals surface area contributed by atoms with Crippen LogP contribution in [0.5, 0.6) is 17.2 Å². The molecular formula is C16H24N2O4S. The Morgan fingerprint density at radius 3 is 2.26 bits per heavy atom. The van der Waals surface area contributed by atoms with Gasteiger partial charge in [-0.2, -0.15) is 0 Å². The van der Waals surface area contributed by atoms with Crippen molar-refractivity contribution >= 4 is 17.7 Å². The van der Waals surface area contributed by atoms with Crippen molar-refractivity contribution in [2.45, 2.75) is 5.37 Å². The van der Waals surface area contributed by atoms with E-state index in [1.807, 2.05) is 31.1 Å². The molecule has 2 rings (SSSR count). The van der Waals surface area contributed by atoms with Crippen LogP contribution in [0.15, 0.2) is 12.1 Å². The van der Waals surface area contributed by atoms with Crippen molar-refractivity contribution in [2.24, 2.45) is 0 Å². The number of nitrogens with zero attached hydrogens (tertiary/aromatic N) is 2. The number of methoxy groups -OCH3 is 3. The van der Waals surface area contributed by atoms with Gasteiger partial charge in [-0.05, 0) is 31.8 Å². The molecule has 6 nitrogen and oxygen atoms in total. The highest BCUT2D eigenvalue weighted by molar-refractivity contribution is 8.00. The van der Waals surface area contributed by atoms with Gasteiger partial charge in [-0.1, -0.05) is 0 Å². The first kappa shape index (κ1) is 17.7. The Morgan fingerprint density at radius 1 is 1.17 bits per heavy atom. The Balaban J connectivity index is 2.33. The summed E-state index contributed by atoms with van der Waals surface area (Å²) in [6.07, 6.45) is 0. The minimum absolute atomic E-state index is 0.0313. The van der Waals surface area contributed by atoms with E-state index in [1.54, 1.807) is 33.1 Å². The zero-order valence-corrected chi connectivity index (χ0v) is 15.1. The lowest BCUT2D eigenvalue weighted by Crippen LogP contribution is -2.34. The molecule has 1 amide bonds. The van der Waals surface area contributed by atoms with Gasteiger partial charge in [-0.3, -0.25) is 4.79 Å². The molecular weight excluding hydrogens is 316 g/mol. The lowest BCUT2D eigenvalue weighted by atomic mass is 10.1. The van der Waals surface area contributed by atoms with E-state index >= 15 is 0 Å². The van der Waals surface area contributed by atoms with E-state index in [-0.39, 0.29) is 11.3 Å². The van der Waals surface area contributed by atoms with E-state index in [9.17, 15) is 4.79 Å². The Kier molecular flexibility index (Phi) is 6.01. The average molecular weight is 340 g/mol. The van der Waals surface area contributed by atoms with E-state index in [0.29, 0.717) is 29.5 Å². The number of amides is 1. The van der Waals surface area contributed by atoms with Crippen LogP contribution < -0.4 is 14.2 Å². The Labute approximate surface area is 141 Å². The highest BCUT2D eigenvalue weighted by Crippen LogP contribution is 2.45. The fraction of sp³-hybridized carbons (Fsp3) is 0.562. The van der Waals surface area contributed by atoms with Gasteiger partial charge in [-0.25, -0.2) is 0 Å². The summed E-state index contributed by atoms with van der Waals surface area (Å²) in [5, 5.41) is -0.0313. The molecule has 0 radical (unpaired) electrons. The molecule has 1 aromatic carbocycles. The molecule has 23 heavy (non-hydrogen) atoms. The van der Waals surface area contributed by atoms with E-state index in [4.69, 9.17) is 14.2 Å². The Hall–Kier alpha value is -1.60. The zero-order chi connectivity index (χ0) is 17.0. The molecule has 1 saturated heterocycles. The number of hydrogen-bond acceptors (Lipinski definition) is 6. The van der Waals surface area contributed by atoms with Crippen LogP contribution in [0.25, 0.3) is 0 Å². The van der Waals surface area contributed by atoms with Crippen LogP contribution in [-0.4, -0.2) is 70.0 Å². The van der Waals surface area contributed by atoms with Gasteiger partial charge in [0.1, 0.15) is 5.37 Å². The summed E-state index contributed by atoms with van der Waals surface area (Å²) < 4.78 is 16.2. The average Bonchev–Trinajstić information content (AvgIpc) is 2.92. The maximum atomic E-state index is 12.2. The predicted octanol–water partition coefficient (Wildman–Crippen LogP) is 1.85. The summed E-state index contributed by atoms with van der Waals surface area (Å²) in [6, 6.07) is 3.83. The molecule has 1 heterocycles. The monoisotopic (exact) mass is 340 g/mol. The van der Waals surface area contributed by atoms with Gasteiger partial charge in [0.25, 0.3) is 0 Å². The normalized spacial score (nSPS) is 17.7. The first-order chi connectivity index (χ1) is 11.0. The molecule has 0 spiro atoms. The third-order valence-corrected chi connectivity index (χ3v) is 4.98. The third kappa shape index (κ3) is 3.84. The molecule has 7 heteroatoms. The number of carbonyl (C=O) groups excluding carboxylic acids is 1. The van der Waals surface area contributed by atoms with Crippen molar-refractivity contribution in [3.05, 3.63) is 17.7 Å². The Morgan fingerprint density at radius 2 is 1.78 bits per heavy atom. The summed E-state index contributed by atoms with van der Waals surface area (Å²) >= 11 is 1.62. The number of hydrogen-bond donors (Lipinski definition) is 0. The van der Waals surface area contributed by atoms with Gasteiger partial charge in [-0.15, -0.1) is 11.8 Å². The summed E-state index contributed by atoms with van der Waals surface area (Å²) in [6.45, 7) is 1.52. The van der Waals surface area contributed by atoms with Crippen LogP contribution in [0.3, 0.4) is 0 Å². The standard InChI is InChI=1S/C16H24N2O4S/c1-17(2)6-7-18-14(19)10-23-16(18)11-8-12(20-3)15(22-5)13(9-11)21-4/h8-9,16H,6-7,10H2,1-5H3. The van der Waals surface area contributed by atoms with Gasteiger partial charge in [0, 0.05) is 13.1 Å². The smallest absolute Gasteiger partial charge is 0.233 e. The molecule has 0 aromatic heterocycles. The maximum absolute atomic E-state index is 12.2. The first-order valence-corrected chi connectivity index (χ1v) is 8.42. The highest BCUT2D eigenvalue weighted by atomic mass is 32.2. The third-order valence-electron chi connectivity index (χ3n) is 3.73. The summed E-state index contributed by atoms with van der Waals surface area (Å²) in [5.41, 5.74) is 0.981. The SMILES string of the molecule is COc1cc(C2SCC(=O)N2CCN(C)C)cc(OC)c1OC. The first-order valence-electron chi connectivity index (χ1n) is 7.37. The van der Waals surface area contributed by atoms with Crippen molar-refractivity contribution < 1.29 is 19.0 Å². The molecule has 0 aliphatic carbocycles. The molecule has 0 bridgehead atoms. The van der Waals surface area contributed by atoms with Crippen molar-refractivity contribution in [1.29, 1.82) is 0 Å². The zero-order valence-electron chi connectivity index (χ0n) is 14.3. The number of rotatable bonds is 7. The molecule has 128 valence electrons. The second-order valence-corrected chi connectivity index (χ2v) is 6.58. The summed E-state index contributed by atoms with van der Waals surface area (Å²) in [5.74, 6) is 2.43. The van der Waals surface area contributed by atoms with Crippen LogP contribution in [0.2, 0.25) is 0 Å². The van der Waals surface area contributed by atoms with Crippen LogP contribution >= 0.6 is 11.8 Å². The van der Waals surface area contributed by atoms with Crippen LogP contribution in [-0.2, 0) is 4.79 Å². The van der Waals surface area contributed by atoms with Crippen LogP contribution in [0, 0.1) is 0 Å². The topological polar surface area (TPSA) is 51.2 Å². The molecule has 0 N–H and O–H groups in total. The van der Waals surface area contributed by atoms with E-state index in [2.05, 4.69) is 4.90 Å². The number of likely N-dealkylation sites (N-methyl/N-ethyl adjacent to an activating group) is 1. The second-order valence-electron chi connectivity index (χ2n) is 5.51. The summed E-state index contributed by atoms with van der Waals surface area (Å²) in [7, 11) is 8.78. The van der Waals surface area contributed by atoms with E-state index in [0.717, 1.165) is 12.1 Å². The minimum Gasteiger partial charge on any atom is -0.493 e. The van der Waals surface area contributed by atoms with Gasteiger partial charge in [0.05, 0.1) is 27.1 Å². The molecule has 1 atom stereocenters. The quantitative estimate of drug-likeness (QED) is 0.755. The lowest BCUT2D eigenvalue weighted by molar-refractivity contribution is -0.128. The minimum atomic E-state index is -0.0313. The second kappa shape index (κ2) is 7.79. The molecule has 1 aliphatic rings. The van der Waals surface area contributed by atoms with Gasteiger partial charge in [0.15, 0.2) is 11.5 Å². The highest BCUT2D eigenvalue weighted by Gasteiger charge is 2.33. The molecule has 1 fully saturated rings. The van der Waals surface area contributed by atoms with E-state index < -0.39 is 0 Å². The van der Waals surface area contributed by atoms with Gasteiger partial charge < -0.3 is 24.0 Å². The fourth-order valence-electron chi connectivity index (χ4n) is 2.52. The molecule has 0 saturated carbocycles. The summed E-state index contributed by atoms with van der Waals surface area (Å²) in [4.78, 5) is 16.2. The van der Waals surface area contributed by atoms with Crippen molar-refractivity contribution in [3.8, 4) is 17.2 Å². The number of carbonyl (C=O) groups is 1. The fourth-order valence-corrected chi connectivity index (χ4v) is 3.72. The van der Waals surface area contributed by atoms with Crippen LogP contribution in [0.1, 0.15) is 10.9 Å². The molecule has 1 aliphatic heterocycles. The Bertz CT molecular complexity index is 540. The number of ether oxygens (including phenoxy) is 3. The van der Waals surface area contributed by atoms with Gasteiger partial charge >= 0.3 is 0 Å².